The highest BCUT2D eigenvalue weighted by Gasteiger charge is 2.39. The van der Waals surface area contributed by atoms with Gasteiger partial charge in [0.1, 0.15) is 24.2 Å². The van der Waals surface area contributed by atoms with Gasteiger partial charge in [-0.15, -0.1) is 0 Å². The summed E-state index contributed by atoms with van der Waals surface area (Å²) in [4.78, 5) is 55.9. The SMILES string of the molecule is CCOC(=O)CNS(=O)(=O)C[C@H](CCC[NH+]=C(N)N)NC(=O)[C@@H]1CCCN1C(=O)[C@@H](Cc1ccccc1)NC(=O)OC(C)(C)C. The molecule has 1 heterocycles. The fourth-order valence-corrected chi connectivity index (χ4v) is 6.02. The van der Waals surface area contributed by atoms with Gasteiger partial charge in [-0.05, 0) is 58.9 Å². The molecule has 0 unspecified atom stereocenters. The predicted molar refractivity (Wildman–Crippen MR) is 167 cm³/mol. The van der Waals surface area contributed by atoms with Crippen molar-refractivity contribution in [3.8, 4) is 0 Å². The van der Waals surface area contributed by atoms with E-state index < -0.39 is 69.9 Å². The number of nitrogens with two attached hydrogens (primary N) is 2. The van der Waals surface area contributed by atoms with Crippen LogP contribution < -0.4 is 31.8 Å². The zero-order chi connectivity index (χ0) is 33.6. The minimum atomic E-state index is -4.01. The Morgan fingerprint density at radius 3 is 2.42 bits per heavy atom. The summed E-state index contributed by atoms with van der Waals surface area (Å²) in [6, 6.07) is 6.38. The highest BCUT2D eigenvalue weighted by molar-refractivity contribution is 7.89. The molecule has 3 atom stereocenters. The van der Waals surface area contributed by atoms with Crippen molar-refractivity contribution in [2.45, 2.75) is 83.5 Å². The lowest BCUT2D eigenvalue weighted by atomic mass is 10.0. The Morgan fingerprint density at radius 1 is 1.11 bits per heavy atom. The Hall–Kier alpha value is -3.92. The lowest BCUT2D eigenvalue weighted by Crippen LogP contribution is -2.78. The average Bonchev–Trinajstić information content (AvgIpc) is 3.43. The van der Waals surface area contributed by atoms with E-state index >= 15 is 0 Å². The minimum Gasteiger partial charge on any atom is -0.465 e. The maximum Gasteiger partial charge on any atom is 0.408 e. The summed E-state index contributed by atoms with van der Waals surface area (Å²) in [7, 11) is -4.01. The lowest BCUT2D eigenvalue weighted by molar-refractivity contribution is -0.459. The summed E-state index contributed by atoms with van der Waals surface area (Å²) in [6.07, 6.45) is 0.926. The van der Waals surface area contributed by atoms with Crippen molar-refractivity contribution in [1.82, 2.24) is 20.3 Å². The van der Waals surface area contributed by atoms with Crippen LogP contribution in [0.5, 0.6) is 0 Å². The first-order chi connectivity index (χ1) is 21.1. The maximum absolute atomic E-state index is 13.8. The molecule has 3 amide bonds. The number of hydrogen-bond acceptors (Lipinski definition) is 8. The Kier molecular flexibility index (Phi) is 14.5. The summed E-state index contributed by atoms with van der Waals surface area (Å²) in [5.41, 5.74) is 10.9. The van der Waals surface area contributed by atoms with Crippen LogP contribution in [0.4, 0.5) is 4.79 Å². The molecule has 15 nitrogen and oxygen atoms in total. The van der Waals surface area contributed by atoms with Crippen LogP contribution in [0.15, 0.2) is 30.3 Å². The molecule has 1 aromatic rings. The van der Waals surface area contributed by atoms with Gasteiger partial charge in [0.2, 0.25) is 21.8 Å². The fourth-order valence-electron chi connectivity index (χ4n) is 4.78. The van der Waals surface area contributed by atoms with Crippen molar-refractivity contribution in [3.05, 3.63) is 35.9 Å². The van der Waals surface area contributed by atoms with Crippen molar-refractivity contribution in [2.75, 3.05) is 32.0 Å². The molecule has 1 saturated heterocycles. The third-order valence-electron chi connectivity index (χ3n) is 6.68. The number of likely N-dealkylation sites (tertiary alicyclic amines) is 1. The molecule has 8 N–H and O–H groups in total. The zero-order valence-corrected chi connectivity index (χ0v) is 27.3. The number of hydrogen-bond donors (Lipinski definition) is 6. The number of ether oxygens (including phenoxy) is 2. The van der Waals surface area contributed by atoms with Gasteiger partial charge in [-0.3, -0.25) is 30.8 Å². The normalized spacial score (nSPS) is 16.3. The highest BCUT2D eigenvalue weighted by atomic mass is 32.2. The number of nitrogens with zero attached hydrogens (tertiary/aromatic N) is 1. The van der Waals surface area contributed by atoms with E-state index in [1.807, 2.05) is 30.3 Å². The van der Waals surface area contributed by atoms with E-state index in [0.29, 0.717) is 25.8 Å². The monoisotopic (exact) mass is 654 g/mol. The van der Waals surface area contributed by atoms with Crippen LogP contribution in [-0.2, 0) is 40.3 Å². The molecule has 1 aliphatic heterocycles. The molecule has 1 fully saturated rings. The molecule has 45 heavy (non-hydrogen) atoms. The molecule has 0 saturated carbocycles. The van der Waals surface area contributed by atoms with Crippen LogP contribution in [0.3, 0.4) is 0 Å². The summed E-state index contributed by atoms with van der Waals surface area (Å²) in [5, 5.41) is 5.45. The number of rotatable bonds is 16. The molecule has 0 radical (unpaired) electrons. The molecule has 2 rings (SSSR count). The van der Waals surface area contributed by atoms with Gasteiger partial charge in [-0.1, -0.05) is 30.3 Å². The molecule has 252 valence electrons. The standard InChI is InChI=1S/C29H47N7O8S/c1-5-43-24(37)18-33-45(41,42)19-21(13-9-15-32-27(30)31)34-25(38)23-14-10-16-36(23)26(39)22(17-20-11-7-6-8-12-20)35-28(40)44-29(2,3)4/h6-8,11-12,21-23,33H,5,9-10,13-19H2,1-4H3,(H,34,38)(H,35,40)(H4,30,31,32)/p+1/t21-,22+,23-/m0/s1. The Bertz CT molecular complexity index is 1280. The molecular formula is C29H48N7O8S+. The van der Waals surface area contributed by atoms with Crippen LogP contribution in [0.25, 0.3) is 0 Å². The minimum absolute atomic E-state index is 0.00414. The van der Waals surface area contributed by atoms with Gasteiger partial charge in [0, 0.05) is 19.0 Å². The second kappa shape index (κ2) is 17.5. The topological polar surface area (TPSA) is 226 Å². The van der Waals surface area contributed by atoms with Crippen LogP contribution >= 0.6 is 0 Å². The Balaban J connectivity index is 2.21. The van der Waals surface area contributed by atoms with Crippen molar-refractivity contribution in [1.29, 1.82) is 0 Å². The number of esters is 1. The summed E-state index contributed by atoms with van der Waals surface area (Å²) < 4.78 is 37.9. The van der Waals surface area contributed by atoms with E-state index in [9.17, 15) is 27.6 Å². The maximum atomic E-state index is 13.8. The first kappa shape index (κ1) is 37.3. The fraction of sp³-hybridized carbons (Fsp3) is 0.621. The first-order valence-electron chi connectivity index (χ1n) is 15.0. The van der Waals surface area contributed by atoms with E-state index in [1.54, 1.807) is 27.7 Å². The van der Waals surface area contributed by atoms with E-state index in [0.717, 1.165) is 5.56 Å². The molecular weight excluding hydrogens is 606 g/mol. The summed E-state index contributed by atoms with van der Waals surface area (Å²) >= 11 is 0. The molecule has 0 aliphatic carbocycles. The van der Waals surface area contributed by atoms with E-state index in [4.69, 9.17) is 20.9 Å². The second-order valence-corrected chi connectivity index (χ2v) is 13.6. The lowest BCUT2D eigenvalue weighted by Gasteiger charge is -2.30. The molecule has 1 aromatic carbocycles. The third kappa shape index (κ3) is 14.2. The van der Waals surface area contributed by atoms with Gasteiger partial charge in [-0.25, -0.2) is 17.9 Å². The predicted octanol–water partition coefficient (Wildman–Crippen LogP) is -1.79. The van der Waals surface area contributed by atoms with Crippen LogP contribution in [0.1, 0.15) is 58.9 Å². The molecule has 0 bridgehead atoms. The zero-order valence-electron chi connectivity index (χ0n) is 26.5. The number of amides is 3. The smallest absolute Gasteiger partial charge is 0.408 e. The van der Waals surface area contributed by atoms with Gasteiger partial charge in [0.25, 0.3) is 0 Å². The van der Waals surface area contributed by atoms with Gasteiger partial charge < -0.3 is 25.0 Å². The third-order valence-corrected chi connectivity index (χ3v) is 8.10. The number of sulfonamides is 1. The Morgan fingerprint density at radius 2 is 1.80 bits per heavy atom. The van der Waals surface area contributed by atoms with Crippen LogP contribution in [-0.4, -0.2) is 98.9 Å². The van der Waals surface area contributed by atoms with Gasteiger partial charge >= 0.3 is 18.0 Å². The quantitative estimate of drug-likeness (QED) is 0.0508. The van der Waals surface area contributed by atoms with Crippen LogP contribution in [0, 0.1) is 0 Å². The molecule has 0 spiro atoms. The largest absolute Gasteiger partial charge is 0.465 e. The van der Waals surface area contributed by atoms with E-state index in [2.05, 4.69) is 20.3 Å². The number of carbonyl (C=O) groups is 4. The van der Waals surface area contributed by atoms with Gasteiger partial charge in [-0.2, -0.15) is 0 Å². The van der Waals surface area contributed by atoms with Crippen molar-refractivity contribution >= 4 is 39.9 Å². The number of guanidine groups is 1. The van der Waals surface area contributed by atoms with E-state index in [1.165, 1.54) is 4.90 Å². The summed E-state index contributed by atoms with van der Waals surface area (Å²) in [6.45, 7) is 6.90. The van der Waals surface area contributed by atoms with E-state index in [-0.39, 0.29) is 32.0 Å². The molecule has 16 heteroatoms. The average molecular weight is 655 g/mol. The number of nitrogens with one attached hydrogen (secondary N) is 4. The second-order valence-electron chi connectivity index (χ2n) is 11.7. The molecule has 1 aliphatic rings. The summed E-state index contributed by atoms with van der Waals surface area (Å²) in [5.74, 6) is -2.23. The van der Waals surface area contributed by atoms with Crippen molar-refractivity contribution in [2.24, 2.45) is 11.5 Å². The number of benzene rings is 1. The number of carbonyl (C=O) groups excluding carboxylic acids is 4. The van der Waals surface area contributed by atoms with Crippen molar-refractivity contribution in [3.63, 3.8) is 0 Å². The Labute approximate surface area is 264 Å². The van der Waals surface area contributed by atoms with Crippen LogP contribution in [0.2, 0.25) is 0 Å². The number of alkyl carbamates (subject to hydrolysis) is 1. The highest BCUT2D eigenvalue weighted by Crippen LogP contribution is 2.21. The van der Waals surface area contributed by atoms with Gasteiger partial charge in [0.15, 0.2) is 0 Å². The van der Waals surface area contributed by atoms with Crippen molar-refractivity contribution < 1.29 is 42.1 Å². The molecule has 0 aromatic heterocycles. The first-order valence-corrected chi connectivity index (χ1v) is 16.6. The van der Waals surface area contributed by atoms with Gasteiger partial charge in [0.05, 0.1) is 18.9 Å².